The van der Waals surface area contributed by atoms with E-state index in [1.54, 1.807) is 6.07 Å². The number of rotatable bonds is 3. The van der Waals surface area contributed by atoms with Gasteiger partial charge in [0.1, 0.15) is 0 Å². The minimum absolute atomic E-state index is 0.0874. The van der Waals surface area contributed by atoms with Gasteiger partial charge in [0, 0.05) is 5.92 Å². The van der Waals surface area contributed by atoms with Gasteiger partial charge < -0.3 is 4.52 Å². The molecule has 2 aromatic heterocycles. The third kappa shape index (κ3) is 2.12. The summed E-state index contributed by atoms with van der Waals surface area (Å²) in [6, 6.07) is 7.29. The summed E-state index contributed by atoms with van der Waals surface area (Å²) >= 11 is 0. The van der Waals surface area contributed by atoms with Crippen LogP contribution in [0.3, 0.4) is 0 Å². The van der Waals surface area contributed by atoms with Crippen molar-refractivity contribution in [3.8, 4) is 0 Å². The number of aromatic nitrogens is 4. The van der Waals surface area contributed by atoms with Crippen molar-refractivity contribution < 1.29 is 4.52 Å². The van der Waals surface area contributed by atoms with E-state index in [9.17, 15) is 4.79 Å². The van der Waals surface area contributed by atoms with Crippen LogP contribution in [0.1, 0.15) is 36.9 Å². The average Bonchev–Trinajstić information content (AvgIpc) is 2.88. The highest BCUT2D eigenvalue weighted by Gasteiger charge is 2.25. The molecule has 0 unspecified atom stereocenters. The summed E-state index contributed by atoms with van der Waals surface area (Å²) in [6.07, 6.45) is 4.97. The van der Waals surface area contributed by atoms with Crippen LogP contribution in [0.4, 0.5) is 0 Å². The monoisotopic (exact) mass is 282 g/mol. The van der Waals surface area contributed by atoms with E-state index in [-0.39, 0.29) is 12.1 Å². The second-order valence-corrected chi connectivity index (χ2v) is 5.37. The lowest BCUT2D eigenvalue weighted by molar-refractivity contribution is 0.291. The molecule has 6 nitrogen and oxygen atoms in total. The van der Waals surface area contributed by atoms with E-state index in [0.717, 1.165) is 12.8 Å². The molecule has 0 aliphatic heterocycles. The highest BCUT2D eigenvalue weighted by molar-refractivity contribution is 5.76. The zero-order chi connectivity index (χ0) is 14.2. The van der Waals surface area contributed by atoms with Crippen LogP contribution in [0, 0.1) is 0 Å². The summed E-state index contributed by atoms with van der Waals surface area (Å²) in [7, 11) is 0. The molecular weight excluding hydrogens is 268 g/mol. The second-order valence-electron chi connectivity index (χ2n) is 5.37. The Labute approximate surface area is 120 Å². The van der Waals surface area contributed by atoms with Crippen molar-refractivity contribution in [2.24, 2.45) is 0 Å². The van der Waals surface area contributed by atoms with Crippen LogP contribution in [0.5, 0.6) is 0 Å². The fourth-order valence-corrected chi connectivity index (χ4v) is 2.52. The van der Waals surface area contributed by atoms with Crippen LogP contribution in [0.15, 0.2) is 39.9 Å². The van der Waals surface area contributed by atoms with Crippen molar-refractivity contribution in [3.63, 3.8) is 0 Å². The highest BCUT2D eigenvalue weighted by Crippen LogP contribution is 2.35. The normalized spacial score (nSPS) is 15.2. The molecule has 1 saturated carbocycles. The van der Waals surface area contributed by atoms with Crippen LogP contribution in [0.25, 0.3) is 10.9 Å². The molecule has 21 heavy (non-hydrogen) atoms. The van der Waals surface area contributed by atoms with Crippen LogP contribution < -0.4 is 5.56 Å². The molecule has 0 atom stereocenters. The fourth-order valence-electron chi connectivity index (χ4n) is 2.52. The Balaban J connectivity index is 1.66. The van der Waals surface area contributed by atoms with Crippen molar-refractivity contribution in [2.45, 2.75) is 31.7 Å². The Morgan fingerprint density at radius 1 is 1.29 bits per heavy atom. The zero-order valence-electron chi connectivity index (χ0n) is 11.4. The molecule has 1 aromatic carbocycles. The number of benzene rings is 1. The van der Waals surface area contributed by atoms with Crippen molar-refractivity contribution in [1.82, 2.24) is 19.7 Å². The van der Waals surface area contributed by atoms with Crippen molar-refractivity contribution in [2.75, 3.05) is 0 Å². The number of hydrogen-bond acceptors (Lipinski definition) is 5. The largest absolute Gasteiger partial charge is 0.339 e. The van der Waals surface area contributed by atoms with Crippen LogP contribution >= 0.6 is 0 Å². The van der Waals surface area contributed by atoms with Gasteiger partial charge >= 0.3 is 0 Å². The Bertz CT molecular complexity index is 848. The predicted molar refractivity (Wildman–Crippen MR) is 76.0 cm³/mol. The first-order valence-corrected chi connectivity index (χ1v) is 7.08. The third-order valence-corrected chi connectivity index (χ3v) is 3.98. The first kappa shape index (κ1) is 12.3. The predicted octanol–water partition coefficient (Wildman–Crippen LogP) is 2.10. The van der Waals surface area contributed by atoms with Gasteiger partial charge in [-0.25, -0.2) is 4.98 Å². The maximum atomic E-state index is 12.4. The van der Waals surface area contributed by atoms with Gasteiger partial charge in [-0.1, -0.05) is 23.7 Å². The summed E-state index contributed by atoms with van der Waals surface area (Å²) in [4.78, 5) is 21.0. The molecule has 0 radical (unpaired) electrons. The molecular formula is C15H14N4O2. The lowest BCUT2D eigenvalue weighted by atomic mass is 9.85. The molecule has 6 heteroatoms. The number of fused-ring (bicyclic) bond motifs is 1. The van der Waals surface area contributed by atoms with Crippen LogP contribution in [-0.4, -0.2) is 19.7 Å². The first-order valence-electron chi connectivity index (χ1n) is 7.08. The molecule has 3 aromatic rings. The van der Waals surface area contributed by atoms with E-state index in [4.69, 9.17) is 4.52 Å². The topological polar surface area (TPSA) is 73.8 Å². The van der Waals surface area contributed by atoms with Gasteiger partial charge in [0.15, 0.2) is 5.82 Å². The summed E-state index contributed by atoms with van der Waals surface area (Å²) in [5.74, 6) is 1.62. The van der Waals surface area contributed by atoms with E-state index >= 15 is 0 Å². The van der Waals surface area contributed by atoms with E-state index in [1.807, 2.05) is 18.2 Å². The molecule has 0 saturated heterocycles. The number of para-hydroxylation sites is 1. The molecule has 0 amide bonds. The molecule has 0 N–H and O–H groups in total. The molecule has 1 aliphatic rings. The minimum atomic E-state index is -0.0874. The van der Waals surface area contributed by atoms with Gasteiger partial charge in [-0.3, -0.25) is 9.36 Å². The Hall–Kier alpha value is -2.50. The quantitative estimate of drug-likeness (QED) is 0.735. The summed E-state index contributed by atoms with van der Waals surface area (Å²) in [5.41, 5.74) is 0.609. The Morgan fingerprint density at radius 2 is 2.14 bits per heavy atom. The Kier molecular flexibility index (Phi) is 2.80. The molecule has 4 rings (SSSR count). The molecule has 0 bridgehead atoms. The second kappa shape index (κ2) is 4.80. The summed E-state index contributed by atoms with van der Waals surface area (Å²) < 4.78 is 6.78. The van der Waals surface area contributed by atoms with Crippen molar-refractivity contribution in [3.05, 3.63) is 52.7 Å². The number of nitrogens with zero attached hydrogens (tertiary/aromatic N) is 4. The molecule has 1 aliphatic carbocycles. The zero-order valence-corrected chi connectivity index (χ0v) is 11.4. The van der Waals surface area contributed by atoms with E-state index < -0.39 is 0 Å². The summed E-state index contributed by atoms with van der Waals surface area (Å²) in [6.45, 7) is 0.285. The van der Waals surface area contributed by atoms with E-state index in [1.165, 1.54) is 17.3 Å². The van der Waals surface area contributed by atoms with Crippen molar-refractivity contribution in [1.29, 1.82) is 0 Å². The van der Waals surface area contributed by atoms with E-state index in [0.29, 0.717) is 28.5 Å². The third-order valence-electron chi connectivity index (χ3n) is 3.98. The standard InChI is InChI=1S/C15H14N4O2/c20-15-11-6-1-2-7-12(11)16-9-19(15)8-13-17-14(21-18-13)10-4-3-5-10/h1-2,6-7,9-10H,3-5,8H2. The molecule has 1 fully saturated rings. The Morgan fingerprint density at radius 3 is 2.95 bits per heavy atom. The van der Waals surface area contributed by atoms with Crippen LogP contribution in [-0.2, 0) is 6.54 Å². The fraction of sp³-hybridized carbons (Fsp3) is 0.333. The van der Waals surface area contributed by atoms with Gasteiger partial charge in [-0.05, 0) is 25.0 Å². The maximum absolute atomic E-state index is 12.4. The lowest BCUT2D eigenvalue weighted by Crippen LogP contribution is -2.21. The number of hydrogen-bond donors (Lipinski definition) is 0. The summed E-state index contributed by atoms with van der Waals surface area (Å²) in [5, 5.41) is 4.56. The minimum Gasteiger partial charge on any atom is -0.339 e. The van der Waals surface area contributed by atoms with Gasteiger partial charge in [-0.15, -0.1) is 0 Å². The average molecular weight is 282 g/mol. The maximum Gasteiger partial charge on any atom is 0.261 e. The van der Waals surface area contributed by atoms with E-state index in [2.05, 4.69) is 15.1 Å². The van der Waals surface area contributed by atoms with Gasteiger partial charge in [0.25, 0.3) is 5.56 Å². The first-order chi connectivity index (χ1) is 10.3. The lowest BCUT2D eigenvalue weighted by Gasteiger charge is -2.20. The van der Waals surface area contributed by atoms with Crippen LogP contribution in [0.2, 0.25) is 0 Å². The van der Waals surface area contributed by atoms with Crippen molar-refractivity contribution >= 4 is 10.9 Å². The molecule has 106 valence electrons. The smallest absolute Gasteiger partial charge is 0.261 e. The van der Waals surface area contributed by atoms with Gasteiger partial charge in [0.2, 0.25) is 5.89 Å². The highest BCUT2D eigenvalue weighted by atomic mass is 16.5. The van der Waals surface area contributed by atoms with Gasteiger partial charge in [-0.2, -0.15) is 4.98 Å². The van der Waals surface area contributed by atoms with Gasteiger partial charge in [0.05, 0.1) is 23.8 Å². The molecule has 2 heterocycles. The molecule has 0 spiro atoms. The SMILES string of the molecule is O=c1c2ccccc2ncn1Cc1noc(C2CCC2)n1.